The molecule has 0 fully saturated rings. The summed E-state index contributed by atoms with van der Waals surface area (Å²) in [7, 11) is 0. The number of fused-ring (bicyclic) bond motifs is 2. The van der Waals surface area contributed by atoms with Crippen LogP contribution in [0.25, 0.3) is 28.2 Å². The number of aromatic nitrogens is 5. The quantitative estimate of drug-likeness (QED) is 0.477. The van der Waals surface area contributed by atoms with Crippen LogP contribution in [0, 0.1) is 12.8 Å². The molecule has 3 aromatic heterocycles. The number of hydrogen-bond donors (Lipinski definition) is 3. The van der Waals surface area contributed by atoms with Gasteiger partial charge in [-0.25, -0.2) is 9.38 Å². The molecule has 8 nitrogen and oxygen atoms in total. The molecular weight excluding hydrogens is 346 g/mol. The third-order valence-corrected chi connectivity index (χ3v) is 4.83. The average molecular weight is 367 g/mol. The number of rotatable bonds is 6. The number of aliphatic hydroxyl groups is 2. The monoisotopic (exact) mass is 367 g/mol. The lowest BCUT2D eigenvalue weighted by Crippen LogP contribution is -2.16. The second kappa shape index (κ2) is 6.98. The lowest BCUT2D eigenvalue weighted by molar-refractivity contribution is 0.140. The van der Waals surface area contributed by atoms with Gasteiger partial charge in [0, 0.05) is 31.9 Å². The highest BCUT2D eigenvalue weighted by molar-refractivity contribution is 5.73. The third-order valence-electron chi connectivity index (χ3n) is 4.83. The number of imidazole rings is 2. The number of aliphatic hydroxyl groups excluding tert-OH is 2. The third kappa shape index (κ3) is 3.13. The summed E-state index contributed by atoms with van der Waals surface area (Å²) < 4.78 is 3.25. The molecule has 0 aliphatic rings. The second-order valence-electron chi connectivity index (χ2n) is 6.77. The summed E-state index contributed by atoms with van der Waals surface area (Å²) >= 11 is 0. The van der Waals surface area contributed by atoms with Crippen molar-refractivity contribution in [2.75, 3.05) is 13.2 Å². The largest absolute Gasteiger partial charge is 0.396 e. The molecule has 0 saturated heterocycles. The molecule has 0 saturated carbocycles. The molecule has 0 unspecified atom stereocenters. The van der Waals surface area contributed by atoms with Crippen LogP contribution in [0.15, 0.2) is 41.6 Å². The molecule has 4 aromatic rings. The summed E-state index contributed by atoms with van der Waals surface area (Å²) in [4.78, 5) is 24.8. The fourth-order valence-electron chi connectivity index (χ4n) is 3.10. The highest BCUT2D eigenvalue weighted by atomic mass is 16.3. The van der Waals surface area contributed by atoms with Crippen LogP contribution in [0.5, 0.6) is 0 Å². The normalized spacial score (nSPS) is 11.9. The molecule has 8 heteroatoms. The first-order valence-electron chi connectivity index (χ1n) is 8.85. The summed E-state index contributed by atoms with van der Waals surface area (Å²) in [6, 6.07) is 8.02. The highest BCUT2D eigenvalue weighted by Gasteiger charge is 2.15. The van der Waals surface area contributed by atoms with Gasteiger partial charge in [-0.2, -0.15) is 4.98 Å². The summed E-state index contributed by atoms with van der Waals surface area (Å²) in [6.45, 7) is 2.37. The van der Waals surface area contributed by atoms with E-state index in [2.05, 4.69) is 15.0 Å². The minimum Gasteiger partial charge on any atom is -0.396 e. The molecule has 0 radical (unpaired) electrons. The smallest absolute Gasteiger partial charge is 0.287 e. The van der Waals surface area contributed by atoms with Crippen LogP contribution < -0.4 is 5.56 Å². The zero-order valence-corrected chi connectivity index (χ0v) is 15.0. The van der Waals surface area contributed by atoms with E-state index in [0.29, 0.717) is 29.9 Å². The predicted molar refractivity (Wildman–Crippen MR) is 102 cm³/mol. The zero-order valence-electron chi connectivity index (χ0n) is 15.0. The van der Waals surface area contributed by atoms with Crippen molar-refractivity contribution in [1.82, 2.24) is 23.9 Å². The average Bonchev–Trinajstić information content (AvgIpc) is 3.28. The van der Waals surface area contributed by atoms with E-state index in [1.807, 2.05) is 31.2 Å². The van der Waals surface area contributed by atoms with E-state index in [4.69, 9.17) is 0 Å². The van der Waals surface area contributed by atoms with E-state index in [-0.39, 0.29) is 24.7 Å². The second-order valence-corrected chi connectivity index (χ2v) is 6.77. The molecule has 3 heterocycles. The Labute approximate surface area is 154 Å². The van der Waals surface area contributed by atoms with Gasteiger partial charge >= 0.3 is 0 Å². The van der Waals surface area contributed by atoms with Crippen molar-refractivity contribution in [2.45, 2.75) is 19.9 Å². The van der Waals surface area contributed by atoms with Crippen molar-refractivity contribution in [3.05, 3.63) is 52.7 Å². The van der Waals surface area contributed by atoms with Gasteiger partial charge in [0.05, 0.1) is 12.0 Å². The molecule has 0 aliphatic carbocycles. The lowest BCUT2D eigenvalue weighted by Gasteiger charge is -2.10. The van der Waals surface area contributed by atoms with Crippen LogP contribution in [-0.2, 0) is 6.54 Å². The first-order chi connectivity index (χ1) is 13.1. The predicted octanol–water partition coefficient (Wildman–Crippen LogP) is 1.34. The summed E-state index contributed by atoms with van der Waals surface area (Å²) in [5.41, 5.74) is 3.50. The highest BCUT2D eigenvalue weighted by Crippen LogP contribution is 2.19. The number of aryl methyl sites for hydroxylation is 2. The van der Waals surface area contributed by atoms with Gasteiger partial charge < -0.3 is 19.8 Å². The van der Waals surface area contributed by atoms with Gasteiger partial charge in [0.25, 0.3) is 5.56 Å². The van der Waals surface area contributed by atoms with E-state index in [1.54, 1.807) is 17.1 Å². The molecule has 0 amide bonds. The van der Waals surface area contributed by atoms with Gasteiger partial charge in [-0.3, -0.25) is 4.79 Å². The Hall–Kier alpha value is -2.97. The van der Waals surface area contributed by atoms with Gasteiger partial charge in [0.2, 0.25) is 5.78 Å². The summed E-state index contributed by atoms with van der Waals surface area (Å²) in [5.74, 6) is 0.247. The maximum absolute atomic E-state index is 12.8. The number of H-pyrrole nitrogens is 1. The van der Waals surface area contributed by atoms with Gasteiger partial charge in [0.15, 0.2) is 11.2 Å². The van der Waals surface area contributed by atoms with Crippen LogP contribution >= 0.6 is 0 Å². The molecule has 3 N–H and O–H groups in total. The van der Waals surface area contributed by atoms with Crippen molar-refractivity contribution in [2.24, 2.45) is 5.92 Å². The van der Waals surface area contributed by atoms with E-state index in [0.717, 1.165) is 16.8 Å². The lowest BCUT2D eigenvalue weighted by atomic mass is 10.1. The fourth-order valence-corrected chi connectivity index (χ4v) is 3.10. The van der Waals surface area contributed by atoms with Crippen molar-refractivity contribution >= 4 is 16.9 Å². The van der Waals surface area contributed by atoms with Crippen LogP contribution in [0.4, 0.5) is 0 Å². The Kier molecular flexibility index (Phi) is 4.51. The number of hydrogen-bond acceptors (Lipinski definition) is 5. The van der Waals surface area contributed by atoms with Crippen molar-refractivity contribution in [3.8, 4) is 11.3 Å². The molecule has 140 valence electrons. The van der Waals surface area contributed by atoms with Gasteiger partial charge in [-0.1, -0.05) is 29.8 Å². The van der Waals surface area contributed by atoms with Crippen molar-refractivity contribution < 1.29 is 10.2 Å². The SMILES string of the molecule is Cc1ccc(-c2cn3c(=O)c4ncn(CCC(CO)CO)c4nc3[nH]2)cc1. The Balaban J connectivity index is 1.76. The Morgan fingerprint density at radius 2 is 1.93 bits per heavy atom. The maximum atomic E-state index is 12.8. The minimum absolute atomic E-state index is 0.0833. The topological polar surface area (TPSA) is 108 Å². The minimum atomic E-state index is -0.232. The summed E-state index contributed by atoms with van der Waals surface area (Å²) in [6.07, 6.45) is 3.88. The number of nitrogens with one attached hydrogen (secondary N) is 1. The van der Waals surface area contributed by atoms with Gasteiger partial charge in [-0.15, -0.1) is 0 Å². The van der Waals surface area contributed by atoms with E-state index in [9.17, 15) is 15.0 Å². The van der Waals surface area contributed by atoms with Gasteiger partial charge in [-0.05, 0) is 18.9 Å². The number of nitrogens with zero attached hydrogens (tertiary/aromatic N) is 4. The standard InChI is InChI=1S/C19H21N5O3/c1-12-2-4-14(5-3-12)15-8-24-18(27)16-17(22-19(24)21-15)23(11-20-16)7-6-13(9-25)10-26/h2-5,8,11,13,25-26H,6-7,9-10H2,1H3,(H,21,22). The van der Waals surface area contributed by atoms with Crippen LogP contribution in [0.2, 0.25) is 0 Å². The Bertz CT molecular complexity index is 1140. The Morgan fingerprint density at radius 1 is 1.19 bits per heavy atom. The molecule has 27 heavy (non-hydrogen) atoms. The number of benzene rings is 1. The van der Waals surface area contributed by atoms with Crippen molar-refractivity contribution in [3.63, 3.8) is 0 Å². The number of aromatic amines is 1. The summed E-state index contributed by atoms with van der Waals surface area (Å²) in [5, 5.41) is 18.4. The van der Waals surface area contributed by atoms with Crippen LogP contribution in [0.3, 0.4) is 0 Å². The first-order valence-corrected chi connectivity index (χ1v) is 8.85. The van der Waals surface area contributed by atoms with Crippen LogP contribution in [-0.4, -0.2) is 47.3 Å². The van der Waals surface area contributed by atoms with E-state index >= 15 is 0 Å². The molecule has 0 bridgehead atoms. The molecule has 4 rings (SSSR count). The molecule has 0 atom stereocenters. The maximum Gasteiger partial charge on any atom is 0.287 e. The Morgan fingerprint density at radius 3 is 2.63 bits per heavy atom. The molecule has 0 aliphatic heterocycles. The molecular formula is C19H21N5O3. The van der Waals surface area contributed by atoms with E-state index in [1.165, 1.54) is 4.40 Å². The first kappa shape index (κ1) is 17.4. The van der Waals surface area contributed by atoms with E-state index < -0.39 is 0 Å². The zero-order chi connectivity index (χ0) is 19.0. The molecule has 1 aromatic carbocycles. The van der Waals surface area contributed by atoms with Gasteiger partial charge in [0.1, 0.15) is 0 Å². The van der Waals surface area contributed by atoms with Crippen molar-refractivity contribution in [1.29, 1.82) is 0 Å². The van der Waals surface area contributed by atoms with Crippen LogP contribution in [0.1, 0.15) is 12.0 Å². The molecule has 0 spiro atoms. The fraction of sp³-hybridized carbons (Fsp3) is 0.316.